The van der Waals surface area contributed by atoms with Crippen LogP contribution in [0.15, 0.2) is 41.3 Å². The van der Waals surface area contributed by atoms with Crippen LogP contribution >= 0.6 is 11.6 Å². The molecule has 0 amide bonds. The van der Waals surface area contributed by atoms with Crippen molar-refractivity contribution in [2.24, 2.45) is 0 Å². The summed E-state index contributed by atoms with van der Waals surface area (Å²) in [5.74, 6) is -0.806. The number of nitrogens with one attached hydrogen (secondary N) is 1. The molecule has 0 atom stereocenters. The molecule has 3 aromatic rings. The number of aromatic nitrogens is 4. The summed E-state index contributed by atoms with van der Waals surface area (Å²) in [6.45, 7) is 1.73. The molecule has 24 heavy (non-hydrogen) atoms. The van der Waals surface area contributed by atoms with Crippen molar-refractivity contribution in [3.05, 3.63) is 58.4 Å². The molecule has 0 radical (unpaired) electrons. The number of halogens is 2. The van der Waals surface area contributed by atoms with Crippen LogP contribution < -0.4 is 0 Å². The van der Waals surface area contributed by atoms with E-state index in [1.165, 1.54) is 30.3 Å². The molecule has 0 aliphatic heterocycles. The van der Waals surface area contributed by atoms with E-state index in [-0.39, 0.29) is 21.3 Å². The van der Waals surface area contributed by atoms with Gasteiger partial charge in [0.05, 0.1) is 10.6 Å². The van der Waals surface area contributed by atoms with E-state index in [4.69, 9.17) is 11.6 Å². The first-order valence-corrected chi connectivity index (χ1v) is 8.90. The van der Waals surface area contributed by atoms with Crippen LogP contribution in [-0.2, 0) is 15.6 Å². The Kier molecular flexibility index (Phi) is 4.33. The van der Waals surface area contributed by atoms with E-state index in [0.717, 1.165) is 5.56 Å². The summed E-state index contributed by atoms with van der Waals surface area (Å²) < 4.78 is 39.2. The number of rotatable bonds is 4. The second kappa shape index (κ2) is 6.29. The Hall–Kier alpha value is -2.32. The maximum atomic E-state index is 14.0. The Balaban J connectivity index is 2.00. The van der Waals surface area contributed by atoms with Crippen LogP contribution in [0.3, 0.4) is 0 Å². The lowest BCUT2D eigenvalue weighted by Gasteiger charge is -2.08. The van der Waals surface area contributed by atoms with Gasteiger partial charge in [-0.2, -0.15) is 5.21 Å². The van der Waals surface area contributed by atoms with E-state index in [2.05, 4.69) is 20.6 Å². The second-order valence-electron chi connectivity index (χ2n) is 5.26. The molecule has 6 nitrogen and oxygen atoms in total. The number of aromatic amines is 1. The molecule has 0 bridgehead atoms. The topological polar surface area (TPSA) is 88.6 Å². The zero-order chi connectivity index (χ0) is 17.3. The number of H-pyrrole nitrogens is 1. The number of hydrogen-bond donors (Lipinski definition) is 1. The molecule has 9 heteroatoms. The van der Waals surface area contributed by atoms with Crippen LogP contribution in [0.1, 0.15) is 11.1 Å². The monoisotopic (exact) mass is 366 g/mol. The molecule has 2 aromatic carbocycles. The van der Waals surface area contributed by atoms with Crippen LogP contribution in [-0.4, -0.2) is 29.0 Å². The van der Waals surface area contributed by atoms with Gasteiger partial charge in [-0.05, 0) is 42.0 Å². The molecule has 0 aliphatic carbocycles. The molecule has 0 fully saturated rings. The van der Waals surface area contributed by atoms with Crippen molar-refractivity contribution in [3.8, 4) is 11.4 Å². The van der Waals surface area contributed by atoms with Crippen molar-refractivity contribution in [2.45, 2.75) is 17.6 Å². The highest BCUT2D eigenvalue weighted by molar-refractivity contribution is 7.90. The smallest absolute Gasteiger partial charge is 0.204 e. The fourth-order valence-electron chi connectivity index (χ4n) is 2.21. The summed E-state index contributed by atoms with van der Waals surface area (Å²) in [6.07, 6.45) is 0. The van der Waals surface area contributed by atoms with E-state index in [1.807, 2.05) is 0 Å². The zero-order valence-corrected chi connectivity index (χ0v) is 14.1. The fraction of sp³-hybridized carbons (Fsp3) is 0.133. The van der Waals surface area contributed by atoms with Gasteiger partial charge in [0.1, 0.15) is 5.82 Å². The van der Waals surface area contributed by atoms with Gasteiger partial charge in [0.15, 0.2) is 9.84 Å². The molecule has 1 heterocycles. The maximum Gasteiger partial charge on any atom is 0.204 e. The van der Waals surface area contributed by atoms with E-state index < -0.39 is 21.4 Å². The summed E-state index contributed by atoms with van der Waals surface area (Å²) in [4.78, 5) is -0.0326. The summed E-state index contributed by atoms with van der Waals surface area (Å²) >= 11 is 6.00. The second-order valence-corrected chi connectivity index (χ2v) is 7.69. The highest BCUT2D eigenvalue weighted by atomic mass is 35.5. The Morgan fingerprint density at radius 3 is 2.67 bits per heavy atom. The Labute approximate surface area is 142 Å². The third kappa shape index (κ3) is 3.44. The number of hydrogen-bond acceptors (Lipinski definition) is 5. The summed E-state index contributed by atoms with van der Waals surface area (Å²) in [5, 5.41) is 13.5. The minimum Gasteiger partial charge on any atom is -0.223 e. The first-order valence-electron chi connectivity index (χ1n) is 6.87. The first-order chi connectivity index (χ1) is 11.3. The standard InChI is InChI=1S/C15H12ClFN4O2S/c1-9-2-3-10(14(17)4-9)8-24(22,23)13-6-11(5-12(16)7-13)15-18-20-21-19-15/h2-7H,8H2,1H3,(H,18,19,20,21). The first kappa shape index (κ1) is 16.5. The van der Waals surface area contributed by atoms with Gasteiger partial charge in [0.2, 0.25) is 5.82 Å². The number of benzene rings is 2. The predicted octanol–water partition coefficient (Wildman–Crippen LogP) is 2.94. The molecule has 0 aliphatic rings. The number of sulfone groups is 1. The third-order valence-corrected chi connectivity index (χ3v) is 5.25. The van der Waals surface area contributed by atoms with Gasteiger partial charge in [-0.15, -0.1) is 10.2 Å². The molecule has 0 unspecified atom stereocenters. The molecule has 1 aromatic heterocycles. The normalized spacial score (nSPS) is 11.6. The largest absolute Gasteiger partial charge is 0.223 e. The molecule has 3 rings (SSSR count). The fourth-order valence-corrected chi connectivity index (χ4v) is 3.94. The molecule has 0 spiro atoms. The average Bonchev–Trinajstić information content (AvgIpc) is 3.04. The van der Waals surface area contributed by atoms with Crippen LogP contribution in [0.5, 0.6) is 0 Å². The van der Waals surface area contributed by atoms with Gasteiger partial charge in [-0.1, -0.05) is 23.7 Å². The van der Waals surface area contributed by atoms with Crippen LogP contribution in [0.25, 0.3) is 11.4 Å². The minimum absolute atomic E-state index is 0.0326. The Morgan fingerprint density at radius 2 is 2.00 bits per heavy atom. The van der Waals surface area contributed by atoms with Gasteiger partial charge in [0, 0.05) is 16.1 Å². The predicted molar refractivity (Wildman–Crippen MR) is 86.7 cm³/mol. The van der Waals surface area contributed by atoms with E-state index >= 15 is 0 Å². The molecule has 0 saturated heterocycles. The highest BCUT2D eigenvalue weighted by Gasteiger charge is 2.20. The van der Waals surface area contributed by atoms with Gasteiger partial charge >= 0.3 is 0 Å². The van der Waals surface area contributed by atoms with Crippen molar-refractivity contribution in [3.63, 3.8) is 0 Å². The van der Waals surface area contributed by atoms with Gasteiger partial charge in [-0.25, -0.2) is 12.8 Å². The van der Waals surface area contributed by atoms with Crippen molar-refractivity contribution in [1.82, 2.24) is 20.6 Å². The molecule has 0 saturated carbocycles. The number of aryl methyl sites for hydroxylation is 1. The number of nitrogens with zero attached hydrogens (tertiary/aromatic N) is 3. The minimum atomic E-state index is -3.80. The third-order valence-electron chi connectivity index (χ3n) is 3.39. The maximum absolute atomic E-state index is 14.0. The summed E-state index contributed by atoms with van der Waals surface area (Å²) in [6, 6.07) is 8.65. The zero-order valence-electron chi connectivity index (χ0n) is 12.5. The lowest BCUT2D eigenvalue weighted by molar-refractivity contribution is 0.586. The van der Waals surface area contributed by atoms with E-state index in [0.29, 0.717) is 5.56 Å². The van der Waals surface area contributed by atoms with Gasteiger partial charge in [-0.3, -0.25) is 0 Å². The lowest BCUT2D eigenvalue weighted by atomic mass is 10.2. The van der Waals surface area contributed by atoms with Crippen molar-refractivity contribution in [2.75, 3.05) is 0 Å². The Morgan fingerprint density at radius 1 is 1.21 bits per heavy atom. The quantitative estimate of drug-likeness (QED) is 0.766. The van der Waals surface area contributed by atoms with Gasteiger partial charge in [0.25, 0.3) is 0 Å². The van der Waals surface area contributed by atoms with Crippen molar-refractivity contribution < 1.29 is 12.8 Å². The van der Waals surface area contributed by atoms with Crippen molar-refractivity contribution >= 4 is 21.4 Å². The summed E-state index contributed by atoms with van der Waals surface area (Å²) in [5.41, 5.74) is 1.22. The van der Waals surface area contributed by atoms with Crippen LogP contribution in [0.4, 0.5) is 4.39 Å². The summed E-state index contributed by atoms with van der Waals surface area (Å²) in [7, 11) is -3.80. The molecule has 124 valence electrons. The molecular weight excluding hydrogens is 355 g/mol. The van der Waals surface area contributed by atoms with Crippen LogP contribution in [0, 0.1) is 12.7 Å². The van der Waals surface area contributed by atoms with Gasteiger partial charge < -0.3 is 0 Å². The SMILES string of the molecule is Cc1ccc(CS(=O)(=O)c2cc(Cl)cc(-c3nn[nH]n3)c2)c(F)c1. The van der Waals surface area contributed by atoms with Crippen molar-refractivity contribution in [1.29, 1.82) is 0 Å². The van der Waals surface area contributed by atoms with E-state index in [9.17, 15) is 12.8 Å². The number of tetrazole rings is 1. The lowest BCUT2D eigenvalue weighted by Crippen LogP contribution is -2.07. The average molecular weight is 367 g/mol. The van der Waals surface area contributed by atoms with Crippen LogP contribution in [0.2, 0.25) is 5.02 Å². The van der Waals surface area contributed by atoms with E-state index in [1.54, 1.807) is 13.0 Å². The molecular formula is C15H12ClFN4O2S. The highest BCUT2D eigenvalue weighted by Crippen LogP contribution is 2.27. The Bertz CT molecular complexity index is 991. The molecule has 1 N–H and O–H groups in total.